The fraction of sp³-hybridized carbons (Fsp3) is 0.650. The molecule has 0 radical (unpaired) electrons. The van der Waals surface area contributed by atoms with Gasteiger partial charge in [0.2, 0.25) is 15.9 Å². The number of benzene rings is 1. The highest BCUT2D eigenvalue weighted by atomic mass is 32.2. The second-order valence-corrected chi connectivity index (χ2v) is 9.85. The van der Waals surface area contributed by atoms with Crippen molar-refractivity contribution in [1.82, 2.24) is 14.5 Å². The van der Waals surface area contributed by atoms with E-state index in [1.165, 1.54) is 0 Å². The molecule has 8 heteroatoms. The van der Waals surface area contributed by atoms with E-state index in [1.54, 1.807) is 14.0 Å². The minimum Gasteiger partial charge on any atom is -0.497 e. The third kappa shape index (κ3) is 4.85. The Hall–Kier alpha value is -1.64. The molecule has 1 aliphatic heterocycles. The maximum absolute atomic E-state index is 13.3. The fourth-order valence-corrected chi connectivity index (χ4v) is 5.09. The van der Waals surface area contributed by atoms with Gasteiger partial charge in [-0.25, -0.2) is 13.1 Å². The lowest BCUT2D eigenvalue weighted by atomic mass is 9.87. The van der Waals surface area contributed by atoms with Crippen LogP contribution in [0, 0.1) is 5.92 Å². The lowest BCUT2D eigenvalue weighted by molar-refractivity contribution is -0.137. The molecule has 1 N–H and O–H groups in total. The molecule has 0 spiro atoms. The number of carbonyl (C=O) groups excluding carboxylic acids is 1. The quantitative estimate of drug-likeness (QED) is 0.766. The number of ether oxygens (including phenoxy) is 1. The Morgan fingerprint density at radius 3 is 2.36 bits per heavy atom. The fourth-order valence-electron chi connectivity index (χ4n) is 4.23. The summed E-state index contributed by atoms with van der Waals surface area (Å²) in [6.07, 6.45) is 1.18. The average molecular weight is 410 g/mol. The maximum atomic E-state index is 13.3. The zero-order chi connectivity index (χ0) is 20.3. The smallest absolute Gasteiger partial charge is 0.226 e. The van der Waals surface area contributed by atoms with Crippen LogP contribution >= 0.6 is 0 Å². The molecular weight excluding hydrogens is 378 g/mol. The van der Waals surface area contributed by atoms with Crippen LogP contribution < -0.4 is 9.46 Å². The molecule has 1 aromatic rings. The number of rotatable bonds is 6. The van der Waals surface area contributed by atoms with E-state index in [2.05, 4.69) is 16.7 Å². The Labute approximate surface area is 168 Å². The molecule has 1 saturated heterocycles. The molecule has 2 aliphatic rings. The van der Waals surface area contributed by atoms with E-state index in [-0.39, 0.29) is 29.5 Å². The van der Waals surface area contributed by atoms with Gasteiger partial charge in [-0.1, -0.05) is 12.1 Å². The first-order valence-electron chi connectivity index (χ1n) is 9.94. The summed E-state index contributed by atoms with van der Waals surface area (Å²) in [4.78, 5) is 17.5. The number of methoxy groups -OCH3 is 1. The van der Waals surface area contributed by atoms with Gasteiger partial charge in [0.05, 0.1) is 12.9 Å². The molecule has 7 nitrogen and oxygen atoms in total. The van der Waals surface area contributed by atoms with Crippen molar-refractivity contribution in [3.8, 4) is 5.75 Å². The highest BCUT2D eigenvalue weighted by molar-refractivity contribution is 7.89. The molecule has 1 saturated carbocycles. The summed E-state index contributed by atoms with van der Waals surface area (Å²) in [5.74, 6) is 0.761. The van der Waals surface area contributed by atoms with Crippen LogP contribution in [0.4, 0.5) is 0 Å². The van der Waals surface area contributed by atoms with Crippen molar-refractivity contribution < 1.29 is 17.9 Å². The summed E-state index contributed by atoms with van der Waals surface area (Å²) < 4.78 is 32.2. The average Bonchev–Trinajstić information content (AvgIpc) is 3.11. The number of carbonyl (C=O) groups is 1. The van der Waals surface area contributed by atoms with Crippen LogP contribution in [0.1, 0.15) is 31.2 Å². The minimum absolute atomic E-state index is 0.00242. The van der Waals surface area contributed by atoms with Gasteiger partial charge in [-0.3, -0.25) is 4.79 Å². The first-order valence-corrected chi connectivity index (χ1v) is 11.6. The van der Waals surface area contributed by atoms with Crippen LogP contribution in [-0.2, 0) is 14.8 Å². The maximum Gasteiger partial charge on any atom is 0.226 e. The summed E-state index contributed by atoms with van der Waals surface area (Å²) >= 11 is 0. The number of likely N-dealkylation sites (N-methyl/N-ethyl adjacent to an activating group) is 1. The summed E-state index contributed by atoms with van der Waals surface area (Å²) in [7, 11) is 0.385. The van der Waals surface area contributed by atoms with E-state index in [0.29, 0.717) is 12.8 Å². The standard InChI is InChI=1S/C20H31N3O4S/c1-4-28(25,26)21-16-13-18(15-5-7-17(27-3)8-6-15)19(14-16)20(24)23-11-9-22(2)10-12-23/h5-8,16,18-19,21H,4,9-14H2,1-3H3/t16-,18+,19-/m0/s1. The van der Waals surface area contributed by atoms with Gasteiger partial charge in [0.1, 0.15) is 5.75 Å². The van der Waals surface area contributed by atoms with Gasteiger partial charge in [-0.2, -0.15) is 0 Å². The van der Waals surface area contributed by atoms with Gasteiger partial charge in [-0.05, 0) is 50.4 Å². The number of hydrogen-bond donors (Lipinski definition) is 1. The van der Waals surface area contributed by atoms with E-state index in [0.717, 1.165) is 37.5 Å². The molecule has 2 fully saturated rings. The number of sulfonamides is 1. The minimum atomic E-state index is -3.30. The molecule has 28 heavy (non-hydrogen) atoms. The zero-order valence-corrected chi connectivity index (χ0v) is 17.7. The third-order valence-corrected chi connectivity index (χ3v) is 7.42. The van der Waals surface area contributed by atoms with Crippen molar-refractivity contribution in [2.75, 3.05) is 46.1 Å². The molecule has 1 heterocycles. The molecule has 1 aliphatic carbocycles. The van der Waals surface area contributed by atoms with E-state index >= 15 is 0 Å². The van der Waals surface area contributed by atoms with Crippen molar-refractivity contribution in [3.63, 3.8) is 0 Å². The Morgan fingerprint density at radius 2 is 1.79 bits per heavy atom. The topological polar surface area (TPSA) is 79.0 Å². The van der Waals surface area contributed by atoms with Gasteiger partial charge >= 0.3 is 0 Å². The molecule has 1 aromatic carbocycles. The normalized spacial score (nSPS) is 26.4. The molecule has 3 atom stereocenters. The summed E-state index contributed by atoms with van der Waals surface area (Å²) in [6.45, 7) is 4.83. The molecular formula is C20H31N3O4S. The highest BCUT2D eigenvalue weighted by Gasteiger charge is 2.42. The van der Waals surface area contributed by atoms with E-state index in [1.807, 2.05) is 29.2 Å². The summed E-state index contributed by atoms with van der Waals surface area (Å²) in [5, 5.41) is 0. The predicted octanol–water partition coefficient (Wildman–Crippen LogP) is 1.27. The van der Waals surface area contributed by atoms with Crippen molar-refractivity contribution in [2.45, 2.75) is 31.7 Å². The lowest BCUT2D eigenvalue weighted by Crippen LogP contribution is -2.49. The van der Waals surface area contributed by atoms with Crippen LogP contribution in [-0.4, -0.2) is 76.3 Å². The second-order valence-electron chi connectivity index (χ2n) is 7.80. The van der Waals surface area contributed by atoms with Gasteiger partial charge < -0.3 is 14.5 Å². The van der Waals surface area contributed by atoms with Crippen molar-refractivity contribution in [1.29, 1.82) is 0 Å². The van der Waals surface area contributed by atoms with Crippen LogP contribution in [0.15, 0.2) is 24.3 Å². The SMILES string of the molecule is CCS(=O)(=O)N[C@@H]1C[C@H](C(=O)N2CCN(C)CC2)[C@@H](c2ccc(OC)cc2)C1. The Morgan fingerprint density at radius 1 is 1.14 bits per heavy atom. The monoisotopic (exact) mass is 409 g/mol. The first-order chi connectivity index (χ1) is 13.3. The second kappa shape index (κ2) is 8.80. The summed E-state index contributed by atoms with van der Waals surface area (Å²) in [5.41, 5.74) is 1.06. The van der Waals surface area contributed by atoms with E-state index < -0.39 is 10.0 Å². The highest BCUT2D eigenvalue weighted by Crippen LogP contribution is 2.41. The molecule has 156 valence electrons. The number of hydrogen-bond acceptors (Lipinski definition) is 5. The van der Waals surface area contributed by atoms with Crippen LogP contribution in [0.3, 0.4) is 0 Å². The molecule has 0 aromatic heterocycles. The summed E-state index contributed by atoms with van der Waals surface area (Å²) in [6, 6.07) is 7.57. The molecule has 1 amide bonds. The van der Waals surface area contributed by atoms with Crippen molar-refractivity contribution >= 4 is 15.9 Å². The number of amides is 1. The number of nitrogens with one attached hydrogen (secondary N) is 1. The largest absolute Gasteiger partial charge is 0.497 e. The van der Waals surface area contributed by atoms with Gasteiger partial charge in [0, 0.05) is 38.1 Å². The predicted molar refractivity (Wildman–Crippen MR) is 109 cm³/mol. The van der Waals surface area contributed by atoms with Gasteiger partial charge in [0.25, 0.3) is 0 Å². The first kappa shape index (κ1) is 21.1. The van der Waals surface area contributed by atoms with Crippen LogP contribution in [0.5, 0.6) is 5.75 Å². The third-order valence-electron chi connectivity index (χ3n) is 5.96. The number of nitrogens with zero attached hydrogens (tertiary/aromatic N) is 2. The Balaban J connectivity index is 1.81. The van der Waals surface area contributed by atoms with Crippen LogP contribution in [0.2, 0.25) is 0 Å². The van der Waals surface area contributed by atoms with Gasteiger partial charge in [0.15, 0.2) is 0 Å². The lowest BCUT2D eigenvalue weighted by Gasteiger charge is -2.35. The number of piperazine rings is 1. The zero-order valence-electron chi connectivity index (χ0n) is 16.9. The van der Waals surface area contributed by atoms with Crippen molar-refractivity contribution in [3.05, 3.63) is 29.8 Å². The Kier molecular flexibility index (Phi) is 6.62. The van der Waals surface area contributed by atoms with E-state index in [4.69, 9.17) is 4.74 Å². The van der Waals surface area contributed by atoms with E-state index in [9.17, 15) is 13.2 Å². The van der Waals surface area contributed by atoms with Gasteiger partial charge in [-0.15, -0.1) is 0 Å². The molecule has 3 rings (SSSR count). The molecule has 0 unspecified atom stereocenters. The van der Waals surface area contributed by atoms with Crippen LogP contribution in [0.25, 0.3) is 0 Å². The Bertz CT molecular complexity index is 773. The molecule has 0 bridgehead atoms. The van der Waals surface area contributed by atoms with Crippen molar-refractivity contribution in [2.24, 2.45) is 5.92 Å².